The highest BCUT2D eigenvalue weighted by molar-refractivity contribution is 6.00. The van der Waals surface area contributed by atoms with Crippen LogP contribution in [0.3, 0.4) is 0 Å². The minimum Gasteiger partial charge on any atom is -0.388 e. The van der Waals surface area contributed by atoms with Gasteiger partial charge in [0, 0.05) is 11.6 Å². The number of fused-ring (bicyclic) bond motifs is 3. The number of aromatic nitrogens is 4. The fraction of sp³-hybridized carbons (Fsp3) is 0.438. The minimum absolute atomic E-state index is 0.0827. The number of nitrogens with one attached hydrogen (secondary N) is 3. The lowest BCUT2D eigenvalue weighted by Gasteiger charge is -2.15. The van der Waals surface area contributed by atoms with Crippen LogP contribution in [0.5, 0.6) is 0 Å². The molecule has 0 atom stereocenters. The van der Waals surface area contributed by atoms with Crippen molar-refractivity contribution in [2.24, 2.45) is 5.92 Å². The van der Waals surface area contributed by atoms with Gasteiger partial charge in [-0.25, -0.2) is 9.97 Å². The van der Waals surface area contributed by atoms with Crippen LogP contribution in [0, 0.1) is 11.3 Å². The Labute approximate surface area is 128 Å². The predicted octanol–water partition coefficient (Wildman–Crippen LogP) is 3.15. The molecule has 4 rings (SSSR count). The van der Waals surface area contributed by atoms with Gasteiger partial charge in [0.1, 0.15) is 23.6 Å². The third kappa shape index (κ3) is 3.01. The van der Waals surface area contributed by atoms with Crippen LogP contribution in [0.4, 0.5) is 0 Å². The number of hydrogen-bond acceptors (Lipinski definition) is 4. The molecular weight excluding hydrogens is 278 g/mol. The van der Waals surface area contributed by atoms with E-state index in [0.29, 0.717) is 11.7 Å². The summed E-state index contributed by atoms with van der Waals surface area (Å²) in [6, 6.07) is 1.92. The Balaban J connectivity index is 0.000000154. The van der Waals surface area contributed by atoms with E-state index in [1.54, 1.807) is 12.4 Å². The summed E-state index contributed by atoms with van der Waals surface area (Å²) in [4.78, 5) is 14.5. The lowest BCUT2D eigenvalue weighted by molar-refractivity contribution is 0.273. The normalized spacial score (nSPS) is 15.7. The molecule has 0 aromatic carbocycles. The molecule has 0 saturated heterocycles. The number of aliphatic hydroxyl groups is 1. The molecule has 1 fully saturated rings. The van der Waals surface area contributed by atoms with Gasteiger partial charge in [-0.2, -0.15) is 0 Å². The van der Waals surface area contributed by atoms with E-state index in [-0.39, 0.29) is 6.61 Å². The first kappa shape index (κ1) is 14.7. The fourth-order valence-corrected chi connectivity index (χ4v) is 2.90. The highest BCUT2D eigenvalue weighted by Gasteiger charge is 2.09. The van der Waals surface area contributed by atoms with Gasteiger partial charge in [-0.3, -0.25) is 0 Å². The first-order chi connectivity index (χ1) is 10.8. The maximum atomic E-state index is 8.94. The van der Waals surface area contributed by atoms with E-state index in [1.807, 2.05) is 12.3 Å². The summed E-state index contributed by atoms with van der Waals surface area (Å²) < 4.78 is 0. The maximum absolute atomic E-state index is 8.94. The minimum atomic E-state index is -0.0827. The summed E-state index contributed by atoms with van der Waals surface area (Å²) in [6.45, 7) is -0.0827. The van der Waals surface area contributed by atoms with Crippen molar-refractivity contribution in [1.29, 1.82) is 5.41 Å². The Morgan fingerprint density at radius 1 is 1.32 bits per heavy atom. The standard InChI is InChI=1S/C9H8N4O.C7H13N/c14-4-7-12-6-3-11-9-5(1-2-10-9)8(6)13-7;8-6-7-4-2-1-3-5-7/h1-3,14H,4H2,(H,10,11)(H,12,13);6-8H,1-5H2. The van der Waals surface area contributed by atoms with E-state index >= 15 is 0 Å². The van der Waals surface area contributed by atoms with Crippen molar-refractivity contribution in [3.63, 3.8) is 0 Å². The number of hydrogen-bond donors (Lipinski definition) is 4. The topological polar surface area (TPSA) is 101 Å². The highest BCUT2D eigenvalue weighted by atomic mass is 16.3. The zero-order valence-electron chi connectivity index (χ0n) is 12.5. The molecule has 0 aliphatic heterocycles. The first-order valence-corrected chi connectivity index (χ1v) is 7.74. The molecule has 4 N–H and O–H groups in total. The predicted molar refractivity (Wildman–Crippen MR) is 87.0 cm³/mol. The second-order valence-electron chi connectivity index (χ2n) is 5.67. The number of rotatable bonds is 2. The summed E-state index contributed by atoms with van der Waals surface area (Å²) in [7, 11) is 0. The molecule has 3 heterocycles. The van der Waals surface area contributed by atoms with Crippen LogP contribution in [-0.2, 0) is 6.61 Å². The molecule has 0 radical (unpaired) electrons. The van der Waals surface area contributed by atoms with Crippen LogP contribution in [0.15, 0.2) is 18.5 Å². The summed E-state index contributed by atoms with van der Waals surface area (Å²) in [6.07, 6.45) is 11.8. The van der Waals surface area contributed by atoms with Crippen LogP contribution in [-0.4, -0.2) is 31.3 Å². The van der Waals surface area contributed by atoms with E-state index in [9.17, 15) is 0 Å². The van der Waals surface area contributed by atoms with Gasteiger partial charge in [-0.1, -0.05) is 19.3 Å². The molecule has 1 saturated carbocycles. The molecule has 0 amide bonds. The third-order valence-corrected chi connectivity index (χ3v) is 4.12. The Hall–Kier alpha value is -2.21. The molecular formula is C16H21N5O. The Bertz CT molecular complexity index is 754. The molecule has 0 bridgehead atoms. The van der Waals surface area contributed by atoms with Gasteiger partial charge in [0.25, 0.3) is 0 Å². The first-order valence-electron chi connectivity index (χ1n) is 7.74. The van der Waals surface area contributed by atoms with E-state index in [2.05, 4.69) is 19.9 Å². The smallest absolute Gasteiger partial charge is 0.139 e. The quantitative estimate of drug-likeness (QED) is 0.547. The zero-order valence-corrected chi connectivity index (χ0v) is 12.5. The van der Waals surface area contributed by atoms with Gasteiger partial charge in [0.15, 0.2) is 0 Å². The van der Waals surface area contributed by atoms with Crippen LogP contribution in [0.1, 0.15) is 37.9 Å². The largest absolute Gasteiger partial charge is 0.388 e. The van der Waals surface area contributed by atoms with Crippen molar-refractivity contribution in [3.8, 4) is 0 Å². The van der Waals surface area contributed by atoms with Crippen molar-refractivity contribution in [2.75, 3.05) is 0 Å². The summed E-state index contributed by atoms with van der Waals surface area (Å²) in [5.74, 6) is 1.19. The lowest BCUT2D eigenvalue weighted by Crippen LogP contribution is -2.05. The van der Waals surface area contributed by atoms with E-state index in [0.717, 1.165) is 22.1 Å². The highest BCUT2D eigenvalue weighted by Crippen LogP contribution is 2.21. The van der Waals surface area contributed by atoms with Crippen LogP contribution in [0.25, 0.3) is 22.1 Å². The zero-order chi connectivity index (χ0) is 15.4. The van der Waals surface area contributed by atoms with Gasteiger partial charge in [-0.15, -0.1) is 0 Å². The van der Waals surface area contributed by atoms with Crippen molar-refractivity contribution in [3.05, 3.63) is 24.3 Å². The molecule has 1 aliphatic carbocycles. The Morgan fingerprint density at radius 2 is 2.14 bits per heavy atom. The van der Waals surface area contributed by atoms with Gasteiger partial charge in [0.05, 0.1) is 11.7 Å². The Morgan fingerprint density at radius 3 is 2.82 bits per heavy atom. The monoisotopic (exact) mass is 299 g/mol. The molecule has 6 nitrogen and oxygen atoms in total. The van der Waals surface area contributed by atoms with Crippen molar-refractivity contribution >= 4 is 28.3 Å². The maximum Gasteiger partial charge on any atom is 0.139 e. The van der Waals surface area contributed by atoms with Crippen LogP contribution in [0.2, 0.25) is 0 Å². The molecule has 0 spiro atoms. The average molecular weight is 299 g/mol. The van der Waals surface area contributed by atoms with Crippen LogP contribution < -0.4 is 0 Å². The second kappa shape index (κ2) is 6.70. The summed E-state index contributed by atoms with van der Waals surface area (Å²) >= 11 is 0. The van der Waals surface area contributed by atoms with Crippen molar-refractivity contribution in [2.45, 2.75) is 38.7 Å². The van der Waals surface area contributed by atoms with Gasteiger partial charge in [0.2, 0.25) is 0 Å². The molecule has 22 heavy (non-hydrogen) atoms. The van der Waals surface area contributed by atoms with Crippen molar-refractivity contribution in [1.82, 2.24) is 19.9 Å². The summed E-state index contributed by atoms with van der Waals surface area (Å²) in [5, 5.41) is 16.9. The number of aliphatic hydroxyl groups excluding tert-OH is 1. The number of aromatic amines is 2. The number of imidazole rings is 1. The molecule has 1 aliphatic rings. The SMILES string of the molecule is N=CC1CCCCC1.OCc1nc2c(cnc3[nH]ccc32)[nH]1. The molecule has 6 heteroatoms. The average Bonchev–Trinajstić information content (AvgIpc) is 3.21. The van der Waals surface area contributed by atoms with E-state index in [1.165, 1.54) is 32.1 Å². The van der Waals surface area contributed by atoms with E-state index in [4.69, 9.17) is 10.5 Å². The fourth-order valence-electron chi connectivity index (χ4n) is 2.90. The Kier molecular flexibility index (Phi) is 4.48. The molecule has 0 unspecified atom stereocenters. The molecule has 3 aromatic heterocycles. The molecule has 116 valence electrons. The van der Waals surface area contributed by atoms with Gasteiger partial charge < -0.3 is 20.5 Å². The molecule has 3 aromatic rings. The lowest BCUT2D eigenvalue weighted by atomic mass is 9.90. The van der Waals surface area contributed by atoms with Gasteiger partial charge >= 0.3 is 0 Å². The van der Waals surface area contributed by atoms with Crippen molar-refractivity contribution < 1.29 is 5.11 Å². The second-order valence-corrected chi connectivity index (χ2v) is 5.67. The number of H-pyrrole nitrogens is 2. The van der Waals surface area contributed by atoms with E-state index < -0.39 is 0 Å². The third-order valence-electron chi connectivity index (χ3n) is 4.12. The van der Waals surface area contributed by atoms with Gasteiger partial charge in [-0.05, 0) is 31.0 Å². The summed E-state index contributed by atoms with van der Waals surface area (Å²) in [5.41, 5.74) is 2.51. The number of pyridine rings is 1. The van der Waals surface area contributed by atoms with Crippen LogP contribution >= 0.6 is 0 Å². The number of nitrogens with zero attached hydrogens (tertiary/aromatic N) is 2.